The van der Waals surface area contributed by atoms with Crippen molar-refractivity contribution in [1.29, 1.82) is 0 Å². The van der Waals surface area contributed by atoms with Crippen LogP contribution in [0.3, 0.4) is 0 Å². The van der Waals surface area contributed by atoms with Crippen molar-refractivity contribution in [1.82, 2.24) is 4.57 Å². The summed E-state index contributed by atoms with van der Waals surface area (Å²) in [7, 11) is 2.11. The number of halogens is 1. The number of rotatable bonds is 3. The molecule has 0 spiro atoms. The third-order valence-corrected chi connectivity index (χ3v) is 7.44. The van der Waals surface area contributed by atoms with Gasteiger partial charge in [-0.25, -0.2) is 4.39 Å². The average Bonchev–Trinajstić information content (AvgIpc) is 3.15. The molecule has 0 aliphatic heterocycles. The maximum Gasteiger partial charge on any atom is 0.123 e. The van der Waals surface area contributed by atoms with E-state index in [1.54, 1.807) is 12.1 Å². The number of hydrogen-bond acceptors (Lipinski definition) is 0. The van der Waals surface area contributed by atoms with Crippen LogP contribution in [0.5, 0.6) is 0 Å². The van der Waals surface area contributed by atoms with Gasteiger partial charge in [-0.15, -0.1) is 0 Å². The highest BCUT2D eigenvalue weighted by atomic mass is 19.1. The van der Waals surface area contributed by atoms with Gasteiger partial charge in [-0.3, -0.25) is 0 Å². The first kappa shape index (κ1) is 25.0. The van der Waals surface area contributed by atoms with Crippen LogP contribution < -0.4 is 0 Å². The third-order valence-electron chi connectivity index (χ3n) is 7.44. The zero-order valence-corrected chi connectivity index (χ0v) is 23.0. The molecule has 0 aliphatic carbocycles. The van der Waals surface area contributed by atoms with Gasteiger partial charge >= 0.3 is 0 Å². The van der Waals surface area contributed by atoms with Gasteiger partial charge in [0.1, 0.15) is 5.82 Å². The summed E-state index contributed by atoms with van der Waals surface area (Å²) >= 11 is 0. The Morgan fingerprint density at radius 1 is 0.541 bits per heavy atom. The van der Waals surface area contributed by atoms with Crippen molar-refractivity contribution >= 4 is 10.9 Å². The van der Waals surface area contributed by atoms with E-state index in [9.17, 15) is 4.39 Å². The number of aryl methyl sites for hydroxylation is 1. The van der Waals surface area contributed by atoms with Gasteiger partial charge in [-0.1, -0.05) is 102 Å². The van der Waals surface area contributed by atoms with Gasteiger partial charge in [0.25, 0.3) is 0 Å². The topological polar surface area (TPSA) is 4.93 Å². The minimum absolute atomic E-state index is 0.0918. The van der Waals surface area contributed by atoms with Gasteiger partial charge in [-0.05, 0) is 74.5 Å². The van der Waals surface area contributed by atoms with Crippen molar-refractivity contribution in [3.8, 4) is 33.5 Å². The van der Waals surface area contributed by atoms with E-state index in [-0.39, 0.29) is 16.6 Å². The van der Waals surface area contributed by atoms with Crippen LogP contribution in [0, 0.1) is 5.82 Å². The van der Waals surface area contributed by atoms with Gasteiger partial charge in [0, 0.05) is 23.5 Å². The lowest BCUT2D eigenvalue weighted by Gasteiger charge is -2.19. The fourth-order valence-electron chi connectivity index (χ4n) is 5.15. The minimum atomic E-state index is -0.223. The van der Waals surface area contributed by atoms with Gasteiger partial charge in [0.2, 0.25) is 0 Å². The maximum absolute atomic E-state index is 13.8. The number of fused-ring (bicyclic) bond motifs is 1. The van der Waals surface area contributed by atoms with E-state index in [2.05, 4.69) is 120 Å². The van der Waals surface area contributed by atoms with E-state index in [1.165, 1.54) is 38.8 Å². The summed E-state index contributed by atoms with van der Waals surface area (Å²) in [6, 6.07) is 31.4. The Morgan fingerprint density at radius 3 is 1.51 bits per heavy atom. The maximum atomic E-state index is 13.8. The molecule has 188 valence electrons. The molecule has 4 aromatic carbocycles. The Bertz CT molecular complexity index is 1550. The summed E-state index contributed by atoms with van der Waals surface area (Å²) in [6.45, 7) is 13.4. The Hall–Kier alpha value is -3.65. The van der Waals surface area contributed by atoms with Crippen LogP contribution in [-0.2, 0) is 17.9 Å². The standard InChI is InChI=1S/C35H36FN/c1-34(2,3)27-15-8-23(9-16-27)26-14-21-30-31(22-26)37(7)33(25-12-19-29(36)20-13-25)32(30)24-10-17-28(18-11-24)35(4,5)6/h8-22H,1-7H3. The molecule has 0 saturated carbocycles. The van der Waals surface area contributed by atoms with Crippen molar-refractivity contribution in [3.63, 3.8) is 0 Å². The first-order valence-corrected chi connectivity index (χ1v) is 13.0. The van der Waals surface area contributed by atoms with E-state index < -0.39 is 0 Å². The largest absolute Gasteiger partial charge is 0.343 e. The number of benzene rings is 4. The van der Waals surface area contributed by atoms with Crippen molar-refractivity contribution in [2.24, 2.45) is 7.05 Å². The summed E-state index contributed by atoms with van der Waals surface area (Å²) in [5.41, 5.74) is 10.9. The molecule has 0 atom stereocenters. The lowest BCUT2D eigenvalue weighted by Crippen LogP contribution is -2.10. The van der Waals surface area contributed by atoms with Gasteiger partial charge < -0.3 is 4.57 Å². The summed E-state index contributed by atoms with van der Waals surface area (Å²) < 4.78 is 16.1. The SMILES string of the molecule is Cn1c(-c2ccc(F)cc2)c(-c2ccc(C(C)(C)C)cc2)c2ccc(-c3ccc(C(C)(C)C)cc3)cc21. The van der Waals surface area contributed by atoms with Gasteiger partial charge in [0.05, 0.1) is 5.69 Å². The summed E-state index contributed by atoms with van der Waals surface area (Å²) in [4.78, 5) is 0. The molecule has 0 unspecified atom stereocenters. The molecule has 37 heavy (non-hydrogen) atoms. The summed E-state index contributed by atoms with van der Waals surface area (Å²) in [5, 5.41) is 1.19. The fraction of sp³-hybridized carbons (Fsp3) is 0.257. The smallest absolute Gasteiger partial charge is 0.123 e. The summed E-state index contributed by atoms with van der Waals surface area (Å²) in [5.74, 6) is -0.223. The zero-order chi connectivity index (χ0) is 26.5. The van der Waals surface area contributed by atoms with E-state index >= 15 is 0 Å². The number of hydrogen-bond donors (Lipinski definition) is 0. The average molecular weight is 490 g/mol. The Morgan fingerprint density at radius 2 is 1.00 bits per heavy atom. The molecule has 0 radical (unpaired) electrons. The number of aromatic nitrogens is 1. The van der Waals surface area contributed by atoms with Crippen molar-refractivity contribution < 1.29 is 4.39 Å². The molecule has 0 bridgehead atoms. The quantitative estimate of drug-likeness (QED) is 0.238. The Balaban J connectivity index is 1.70. The normalized spacial score (nSPS) is 12.3. The first-order valence-electron chi connectivity index (χ1n) is 13.0. The Kier molecular flexibility index (Phi) is 6.10. The highest BCUT2D eigenvalue weighted by molar-refractivity contribution is 6.05. The van der Waals surface area contributed by atoms with E-state index in [1.807, 2.05) is 12.1 Å². The molecule has 2 heteroatoms. The fourth-order valence-corrected chi connectivity index (χ4v) is 5.15. The van der Waals surface area contributed by atoms with Crippen molar-refractivity contribution in [2.75, 3.05) is 0 Å². The molecule has 0 N–H and O–H groups in total. The third kappa shape index (κ3) is 4.73. The highest BCUT2D eigenvalue weighted by Crippen LogP contribution is 2.42. The van der Waals surface area contributed by atoms with E-state index in [4.69, 9.17) is 0 Å². The number of nitrogens with zero attached hydrogens (tertiary/aromatic N) is 1. The van der Waals surface area contributed by atoms with E-state index in [0.29, 0.717) is 0 Å². The van der Waals surface area contributed by atoms with Gasteiger partial charge in [-0.2, -0.15) is 0 Å². The second kappa shape index (κ2) is 9.03. The molecule has 1 heterocycles. The molecule has 0 saturated heterocycles. The Labute approximate surface area is 220 Å². The molecule has 0 amide bonds. The molecule has 5 rings (SSSR count). The molecule has 1 nitrogen and oxygen atoms in total. The molecule has 0 aliphatic rings. The van der Waals surface area contributed by atoms with Crippen LogP contribution in [0.4, 0.5) is 4.39 Å². The minimum Gasteiger partial charge on any atom is -0.343 e. The van der Waals surface area contributed by atoms with Crippen LogP contribution in [-0.4, -0.2) is 4.57 Å². The van der Waals surface area contributed by atoms with Crippen LogP contribution >= 0.6 is 0 Å². The molecule has 0 fully saturated rings. The van der Waals surface area contributed by atoms with Crippen LogP contribution in [0.15, 0.2) is 91.0 Å². The molecule has 1 aromatic heterocycles. The zero-order valence-electron chi connectivity index (χ0n) is 23.0. The van der Waals surface area contributed by atoms with Crippen LogP contribution in [0.25, 0.3) is 44.4 Å². The van der Waals surface area contributed by atoms with Crippen molar-refractivity contribution in [3.05, 3.63) is 108 Å². The molecular weight excluding hydrogens is 453 g/mol. The molecular formula is C35H36FN. The highest BCUT2D eigenvalue weighted by Gasteiger charge is 2.21. The first-order chi connectivity index (χ1) is 17.4. The predicted octanol–water partition coefficient (Wildman–Crippen LogP) is 9.91. The van der Waals surface area contributed by atoms with Crippen LogP contribution in [0.2, 0.25) is 0 Å². The van der Waals surface area contributed by atoms with Crippen molar-refractivity contribution in [2.45, 2.75) is 52.4 Å². The summed E-state index contributed by atoms with van der Waals surface area (Å²) in [6.07, 6.45) is 0. The van der Waals surface area contributed by atoms with Crippen LogP contribution in [0.1, 0.15) is 52.7 Å². The monoisotopic (exact) mass is 489 g/mol. The second-order valence-corrected chi connectivity index (χ2v) is 12.2. The predicted molar refractivity (Wildman–Crippen MR) is 157 cm³/mol. The lowest BCUT2D eigenvalue weighted by molar-refractivity contribution is 0.590. The second-order valence-electron chi connectivity index (χ2n) is 12.2. The van der Waals surface area contributed by atoms with Gasteiger partial charge in [0.15, 0.2) is 0 Å². The van der Waals surface area contributed by atoms with E-state index in [0.717, 1.165) is 16.8 Å². The molecule has 5 aromatic rings. The lowest BCUT2D eigenvalue weighted by atomic mass is 9.85.